The van der Waals surface area contributed by atoms with Gasteiger partial charge in [0, 0.05) is 8.29 Å². The fourth-order valence-corrected chi connectivity index (χ4v) is 1.99. The van der Waals surface area contributed by atoms with Crippen LogP contribution in [0.3, 0.4) is 0 Å². The quantitative estimate of drug-likeness (QED) is 0.508. The summed E-state index contributed by atoms with van der Waals surface area (Å²) in [6.07, 6.45) is 0.328. The fraction of sp³-hybridized carbons (Fsp3) is 0.857. The van der Waals surface area contributed by atoms with Crippen molar-refractivity contribution in [3.05, 3.63) is 0 Å². The molecule has 0 aromatic heterocycles. The van der Waals surface area contributed by atoms with E-state index in [1.165, 1.54) is 17.7 Å². The minimum Gasteiger partial charge on any atom is -0.464 e. The first-order valence-electron chi connectivity index (χ1n) is 3.92. The van der Waals surface area contributed by atoms with Gasteiger partial charge >= 0.3 is 5.97 Å². The van der Waals surface area contributed by atoms with E-state index in [2.05, 4.69) is 0 Å². The molecule has 0 unspecified atom stereocenters. The van der Waals surface area contributed by atoms with Gasteiger partial charge in [0.1, 0.15) is 6.61 Å². The zero-order valence-corrected chi connectivity index (χ0v) is 8.68. The highest BCUT2D eigenvalue weighted by Gasteiger charge is 2.19. The molecule has 0 radical (unpaired) electrons. The molecule has 0 bridgehead atoms. The number of rotatable bonds is 4. The molecule has 0 aromatic rings. The third kappa shape index (κ3) is 6.56. The molecule has 0 heterocycles. The van der Waals surface area contributed by atoms with Crippen LogP contribution in [0.25, 0.3) is 0 Å². The van der Waals surface area contributed by atoms with Crippen LogP contribution in [-0.2, 0) is 9.53 Å². The predicted octanol–water partition coefficient (Wildman–Crippen LogP) is 2.34. The van der Waals surface area contributed by atoms with E-state index in [1.807, 2.05) is 13.8 Å². The molecule has 0 amide bonds. The highest BCUT2D eigenvalue weighted by atomic mass is 33.1. The third-order valence-corrected chi connectivity index (χ3v) is 3.30. The summed E-state index contributed by atoms with van der Waals surface area (Å²) in [6, 6.07) is 0. The summed E-state index contributed by atoms with van der Waals surface area (Å²) in [5.41, 5.74) is 0. The van der Waals surface area contributed by atoms with Gasteiger partial charge in [-0.1, -0.05) is 21.6 Å². The highest BCUT2D eigenvalue weighted by Crippen LogP contribution is 2.33. The van der Waals surface area contributed by atoms with Gasteiger partial charge in [0.05, 0.1) is 4.75 Å². The van der Waals surface area contributed by atoms with Crippen LogP contribution in [0.1, 0.15) is 22.1 Å². The lowest BCUT2D eigenvalue weighted by atomic mass is 10.2. The first-order chi connectivity index (χ1) is 5.48. The summed E-state index contributed by atoms with van der Waals surface area (Å²) in [6.45, 7) is 5.78. The van der Waals surface area contributed by atoms with E-state index in [4.69, 9.17) is 6.11 Å². The van der Waals surface area contributed by atoms with Gasteiger partial charge in [0.25, 0.3) is 0 Å². The first kappa shape index (κ1) is 9.26. The molecule has 0 aliphatic carbocycles. The summed E-state index contributed by atoms with van der Waals surface area (Å²) in [5.74, 6) is -0.250. The van der Waals surface area contributed by atoms with Crippen LogP contribution in [0.5, 0.6) is 0 Å². The number of ether oxygens (including phenoxy) is 1. The van der Waals surface area contributed by atoms with Crippen molar-refractivity contribution in [2.24, 2.45) is 0 Å². The molecule has 66 valence electrons. The van der Waals surface area contributed by atoms with Gasteiger partial charge in [-0.3, -0.25) is 4.79 Å². The Morgan fingerprint density at radius 2 is 2.36 bits per heavy atom. The number of hydrogen-bond donors (Lipinski definition) is 0. The molecule has 0 aliphatic heterocycles. The largest absolute Gasteiger partial charge is 0.464 e. The zero-order valence-electron chi connectivity index (χ0n) is 8.05. The Morgan fingerprint density at radius 3 is 2.82 bits per heavy atom. The van der Waals surface area contributed by atoms with Crippen LogP contribution in [-0.4, -0.2) is 23.6 Å². The van der Waals surface area contributed by atoms with Crippen molar-refractivity contribution in [2.45, 2.75) is 25.5 Å². The van der Waals surface area contributed by atoms with Crippen molar-refractivity contribution >= 4 is 27.6 Å². The van der Waals surface area contributed by atoms with Crippen LogP contribution < -0.4 is 0 Å². The number of hydrogen-bond acceptors (Lipinski definition) is 4. The normalized spacial score (nSPS) is 12.5. The summed E-state index contributed by atoms with van der Waals surface area (Å²) >= 11 is 0. The molecule has 0 atom stereocenters. The lowest BCUT2D eigenvalue weighted by Crippen LogP contribution is -2.23. The van der Waals surface area contributed by atoms with Crippen LogP contribution in [0.4, 0.5) is 0 Å². The number of esters is 1. The lowest BCUT2D eigenvalue weighted by Gasteiger charge is -2.21. The second-order valence-electron chi connectivity index (χ2n) is 2.74. The molecule has 0 aromatic carbocycles. The lowest BCUT2D eigenvalue weighted by molar-refractivity contribution is -0.141. The third-order valence-electron chi connectivity index (χ3n) is 0.908. The maximum Gasteiger partial charge on any atom is 0.302 e. The van der Waals surface area contributed by atoms with Gasteiger partial charge in [-0.25, -0.2) is 0 Å². The Labute approximate surface area is 77.3 Å². The average molecular weight is 195 g/mol. The monoisotopic (exact) mass is 195 g/mol. The smallest absolute Gasteiger partial charge is 0.302 e. The van der Waals surface area contributed by atoms with E-state index in [-0.39, 0.29) is 10.7 Å². The van der Waals surface area contributed by atoms with E-state index in [0.29, 0.717) is 12.8 Å². The molecular weight excluding hydrogens is 180 g/mol. The van der Waals surface area contributed by atoms with Crippen molar-refractivity contribution in [3.8, 4) is 0 Å². The average Bonchev–Trinajstić information content (AvgIpc) is 1.98. The SMILES string of the molecule is [2H]CSSC(C)(C)COC(C)=O. The summed E-state index contributed by atoms with van der Waals surface area (Å²) in [5, 5.41) is 0. The molecule has 4 heteroatoms. The van der Waals surface area contributed by atoms with Gasteiger partial charge in [-0.05, 0) is 20.1 Å². The molecule has 0 N–H and O–H groups in total. The van der Waals surface area contributed by atoms with E-state index in [0.717, 1.165) is 0 Å². The molecule has 0 spiro atoms. The van der Waals surface area contributed by atoms with Gasteiger partial charge in [-0.2, -0.15) is 0 Å². The van der Waals surface area contributed by atoms with Crippen molar-refractivity contribution in [3.63, 3.8) is 0 Å². The molecule has 0 aliphatic rings. The minimum atomic E-state index is -0.250. The Morgan fingerprint density at radius 1 is 1.73 bits per heavy atom. The Balaban J connectivity index is 3.63. The molecular formula is C7H14O2S2. The second kappa shape index (κ2) is 4.93. The molecule has 0 rings (SSSR count). The maximum absolute atomic E-state index is 10.5. The minimum absolute atomic E-state index is 0.0998. The summed E-state index contributed by atoms with van der Waals surface area (Å²) < 4.78 is 11.7. The second-order valence-corrected chi connectivity index (χ2v) is 5.46. The predicted molar refractivity (Wildman–Crippen MR) is 51.8 cm³/mol. The molecule has 0 fully saturated rings. The van der Waals surface area contributed by atoms with E-state index >= 15 is 0 Å². The molecule has 11 heavy (non-hydrogen) atoms. The van der Waals surface area contributed by atoms with Crippen molar-refractivity contribution < 1.29 is 10.9 Å². The molecule has 2 nitrogen and oxygen atoms in total. The van der Waals surface area contributed by atoms with Crippen LogP contribution in [0.2, 0.25) is 0 Å². The Kier molecular flexibility index (Phi) is 4.15. The van der Waals surface area contributed by atoms with Crippen molar-refractivity contribution in [1.29, 1.82) is 0 Å². The van der Waals surface area contributed by atoms with Crippen LogP contribution in [0, 0.1) is 0 Å². The van der Waals surface area contributed by atoms with Crippen molar-refractivity contribution in [2.75, 3.05) is 12.8 Å². The van der Waals surface area contributed by atoms with Gasteiger partial charge in [0.2, 0.25) is 0 Å². The first-order valence-corrected chi connectivity index (χ1v) is 5.53. The van der Waals surface area contributed by atoms with Crippen LogP contribution >= 0.6 is 21.6 Å². The molecule has 0 saturated carbocycles. The standard InChI is InChI=1S/C7H14O2S2/c1-6(8)9-5-7(2,3)11-10-4/h5H2,1-4H3/i4D. The summed E-state index contributed by atoms with van der Waals surface area (Å²) in [4.78, 5) is 10.5. The molecule has 0 saturated heterocycles. The maximum atomic E-state index is 10.5. The van der Waals surface area contributed by atoms with Gasteiger partial charge in [-0.15, -0.1) is 0 Å². The van der Waals surface area contributed by atoms with Gasteiger partial charge in [0.15, 0.2) is 0 Å². The van der Waals surface area contributed by atoms with Crippen molar-refractivity contribution in [1.82, 2.24) is 0 Å². The van der Waals surface area contributed by atoms with E-state index < -0.39 is 0 Å². The number of carbonyl (C=O) groups is 1. The van der Waals surface area contributed by atoms with Crippen LogP contribution in [0.15, 0.2) is 0 Å². The van der Waals surface area contributed by atoms with Gasteiger partial charge < -0.3 is 4.74 Å². The zero-order chi connectivity index (χ0) is 9.61. The topological polar surface area (TPSA) is 26.3 Å². The Bertz CT molecular complexity index is 150. The van der Waals surface area contributed by atoms with E-state index in [1.54, 1.807) is 10.8 Å². The van der Waals surface area contributed by atoms with E-state index in [9.17, 15) is 4.79 Å². The fourth-order valence-electron chi connectivity index (χ4n) is 0.459. The highest BCUT2D eigenvalue weighted by molar-refractivity contribution is 8.76. The number of carbonyl (C=O) groups excluding carboxylic acids is 1. The Hall–Kier alpha value is 0.170. The summed E-state index contributed by atoms with van der Waals surface area (Å²) in [7, 11) is 3.03.